The van der Waals surface area contributed by atoms with Gasteiger partial charge in [0.15, 0.2) is 0 Å². The molecule has 0 atom stereocenters. The van der Waals surface area contributed by atoms with Crippen LogP contribution in [0.25, 0.3) is 0 Å². The van der Waals surface area contributed by atoms with Crippen LogP contribution in [0.15, 0.2) is 23.6 Å². The topological polar surface area (TPSA) is 56.8 Å². The molecular weight excluding hydrogens is 384 g/mol. The minimum atomic E-state index is 0.0967. The lowest BCUT2D eigenvalue weighted by atomic mass is 10.1. The van der Waals surface area contributed by atoms with Crippen molar-refractivity contribution in [1.82, 2.24) is 14.8 Å². The van der Waals surface area contributed by atoms with Crippen LogP contribution < -0.4 is 4.90 Å². The number of aromatic nitrogens is 1. The Morgan fingerprint density at radius 1 is 1.14 bits per heavy atom. The Hall–Kier alpha value is -2.25. The number of benzene rings is 1. The van der Waals surface area contributed by atoms with Crippen LogP contribution in [0.4, 0.5) is 5.69 Å². The van der Waals surface area contributed by atoms with Gasteiger partial charge in [0.2, 0.25) is 5.91 Å². The molecule has 0 unspecified atom stereocenters. The van der Waals surface area contributed by atoms with Crippen molar-refractivity contribution in [3.63, 3.8) is 0 Å². The summed E-state index contributed by atoms with van der Waals surface area (Å²) in [5, 5.41) is 3.22. The first-order valence-electron chi connectivity index (χ1n) is 10.4. The molecule has 3 heterocycles. The molecule has 1 aromatic carbocycles. The summed E-state index contributed by atoms with van der Waals surface area (Å²) in [4.78, 5) is 36.0. The first kappa shape index (κ1) is 20.0. The van der Waals surface area contributed by atoms with Gasteiger partial charge in [0, 0.05) is 62.3 Å². The third-order valence-corrected chi connectivity index (χ3v) is 6.58. The van der Waals surface area contributed by atoms with Gasteiger partial charge in [0.1, 0.15) is 0 Å². The molecular formula is C22H28N4O2S. The first-order valence-corrected chi connectivity index (χ1v) is 11.3. The molecule has 2 aromatic rings. The third-order valence-electron chi connectivity index (χ3n) is 5.75. The number of carbonyl (C=O) groups is 2. The second kappa shape index (κ2) is 8.63. The molecule has 0 spiro atoms. The third kappa shape index (κ3) is 4.36. The van der Waals surface area contributed by atoms with E-state index in [1.807, 2.05) is 41.8 Å². The van der Waals surface area contributed by atoms with Gasteiger partial charge in [-0.1, -0.05) is 6.92 Å². The molecule has 0 aliphatic carbocycles. The average molecular weight is 413 g/mol. The van der Waals surface area contributed by atoms with Gasteiger partial charge in [0.25, 0.3) is 5.91 Å². The average Bonchev–Trinajstić information content (AvgIpc) is 3.26. The van der Waals surface area contributed by atoms with E-state index in [4.69, 9.17) is 0 Å². The molecule has 0 saturated carbocycles. The minimum Gasteiger partial charge on any atom is -0.337 e. The summed E-state index contributed by atoms with van der Waals surface area (Å²) in [6.07, 6.45) is 2.30. The van der Waals surface area contributed by atoms with Crippen molar-refractivity contribution in [2.45, 2.75) is 39.7 Å². The lowest BCUT2D eigenvalue weighted by Crippen LogP contribution is -2.35. The van der Waals surface area contributed by atoms with E-state index in [-0.39, 0.29) is 11.8 Å². The summed E-state index contributed by atoms with van der Waals surface area (Å²) >= 11 is 1.69. The number of amides is 2. The van der Waals surface area contributed by atoms with E-state index < -0.39 is 0 Å². The maximum Gasteiger partial charge on any atom is 0.253 e. The molecule has 154 valence electrons. The number of nitrogens with zero attached hydrogens (tertiary/aromatic N) is 4. The second-order valence-corrected chi connectivity index (χ2v) is 8.83. The lowest BCUT2D eigenvalue weighted by molar-refractivity contribution is -0.118. The van der Waals surface area contributed by atoms with Gasteiger partial charge in [0.05, 0.1) is 10.7 Å². The van der Waals surface area contributed by atoms with Crippen molar-refractivity contribution in [1.29, 1.82) is 0 Å². The molecule has 0 radical (unpaired) electrons. The summed E-state index contributed by atoms with van der Waals surface area (Å²) in [7, 11) is 0. The van der Waals surface area contributed by atoms with E-state index in [1.165, 1.54) is 0 Å². The zero-order valence-electron chi connectivity index (χ0n) is 17.2. The Kier molecular flexibility index (Phi) is 5.96. The van der Waals surface area contributed by atoms with Crippen molar-refractivity contribution in [2.24, 2.45) is 0 Å². The number of anilines is 1. The maximum absolute atomic E-state index is 13.1. The number of aryl methyl sites for hydroxylation is 1. The minimum absolute atomic E-state index is 0.0967. The SMILES string of the molecule is CCC(=O)N1CCc2cc(C(=O)N3CCCN(Cc4csc(C)n4)CC3)ccc21. The molecule has 2 amide bonds. The van der Waals surface area contributed by atoms with Gasteiger partial charge in [-0.2, -0.15) is 0 Å². The second-order valence-electron chi connectivity index (χ2n) is 7.77. The molecule has 2 aliphatic heterocycles. The Labute approximate surface area is 176 Å². The molecule has 1 saturated heterocycles. The van der Waals surface area contributed by atoms with Gasteiger partial charge in [-0.3, -0.25) is 14.5 Å². The number of hydrogen-bond donors (Lipinski definition) is 0. The van der Waals surface area contributed by atoms with Crippen LogP contribution in [-0.4, -0.2) is 59.3 Å². The van der Waals surface area contributed by atoms with E-state index in [9.17, 15) is 9.59 Å². The Morgan fingerprint density at radius 2 is 2.00 bits per heavy atom. The van der Waals surface area contributed by atoms with Crippen molar-refractivity contribution in [3.8, 4) is 0 Å². The predicted molar refractivity (Wildman–Crippen MR) is 115 cm³/mol. The fourth-order valence-electron chi connectivity index (χ4n) is 4.21. The molecule has 7 heteroatoms. The Bertz CT molecular complexity index is 910. The number of rotatable bonds is 4. The molecule has 0 bridgehead atoms. The fraction of sp³-hybridized carbons (Fsp3) is 0.500. The van der Waals surface area contributed by atoms with E-state index in [0.717, 1.165) is 73.1 Å². The van der Waals surface area contributed by atoms with E-state index in [1.54, 1.807) is 11.3 Å². The van der Waals surface area contributed by atoms with Crippen molar-refractivity contribution >= 4 is 28.8 Å². The maximum atomic E-state index is 13.1. The van der Waals surface area contributed by atoms with Gasteiger partial charge in [-0.25, -0.2) is 4.98 Å². The summed E-state index contributed by atoms with van der Waals surface area (Å²) < 4.78 is 0. The molecule has 1 aromatic heterocycles. The zero-order valence-corrected chi connectivity index (χ0v) is 18.0. The lowest BCUT2D eigenvalue weighted by Gasteiger charge is -2.22. The monoisotopic (exact) mass is 412 g/mol. The van der Waals surface area contributed by atoms with Crippen LogP contribution in [0.3, 0.4) is 0 Å². The number of fused-ring (bicyclic) bond motifs is 1. The number of thiazole rings is 1. The highest BCUT2D eigenvalue weighted by molar-refractivity contribution is 7.09. The molecule has 2 aliphatic rings. The van der Waals surface area contributed by atoms with Crippen LogP contribution in [0.5, 0.6) is 0 Å². The zero-order chi connectivity index (χ0) is 20.4. The summed E-state index contributed by atoms with van der Waals surface area (Å²) in [6, 6.07) is 5.81. The van der Waals surface area contributed by atoms with Crippen LogP contribution in [0, 0.1) is 6.92 Å². The first-order chi connectivity index (χ1) is 14.0. The standard InChI is InChI=1S/C22H28N4O2S/c1-3-21(27)26-10-7-17-13-18(5-6-20(17)26)22(28)25-9-4-8-24(11-12-25)14-19-15-29-16(2)23-19/h5-6,13,15H,3-4,7-12,14H2,1-2H3. The van der Waals surface area contributed by atoms with Crippen molar-refractivity contribution in [2.75, 3.05) is 37.6 Å². The van der Waals surface area contributed by atoms with E-state index >= 15 is 0 Å². The highest BCUT2D eigenvalue weighted by atomic mass is 32.1. The summed E-state index contributed by atoms with van der Waals surface area (Å²) in [5.41, 5.74) is 3.93. The normalized spacial score (nSPS) is 17.3. The van der Waals surface area contributed by atoms with Crippen molar-refractivity contribution < 1.29 is 9.59 Å². The fourth-order valence-corrected chi connectivity index (χ4v) is 4.81. The Balaban J connectivity index is 1.40. The van der Waals surface area contributed by atoms with Gasteiger partial charge in [-0.05, 0) is 43.5 Å². The van der Waals surface area contributed by atoms with Crippen LogP contribution in [0.1, 0.15) is 46.4 Å². The molecule has 1 fully saturated rings. The number of hydrogen-bond acceptors (Lipinski definition) is 5. The molecule has 29 heavy (non-hydrogen) atoms. The van der Waals surface area contributed by atoms with Crippen molar-refractivity contribution in [3.05, 3.63) is 45.4 Å². The predicted octanol–water partition coefficient (Wildman–Crippen LogP) is 3.10. The largest absolute Gasteiger partial charge is 0.337 e. The molecule has 4 rings (SSSR count). The molecule has 6 nitrogen and oxygen atoms in total. The smallest absolute Gasteiger partial charge is 0.253 e. The highest BCUT2D eigenvalue weighted by Gasteiger charge is 2.26. The van der Waals surface area contributed by atoms with Crippen LogP contribution in [-0.2, 0) is 17.8 Å². The number of carbonyl (C=O) groups excluding carboxylic acids is 2. The Morgan fingerprint density at radius 3 is 2.76 bits per heavy atom. The van der Waals surface area contributed by atoms with Gasteiger partial charge < -0.3 is 9.80 Å². The molecule has 0 N–H and O–H groups in total. The highest BCUT2D eigenvalue weighted by Crippen LogP contribution is 2.30. The van der Waals surface area contributed by atoms with Crippen LogP contribution in [0.2, 0.25) is 0 Å². The van der Waals surface area contributed by atoms with Gasteiger partial charge >= 0.3 is 0 Å². The summed E-state index contributed by atoms with van der Waals surface area (Å²) in [5.74, 6) is 0.241. The van der Waals surface area contributed by atoms with Crippen LogP contribution >= 0.6 is 11.3 Å². The van der Waals surface area contributed by atoms with E-state index in [0.29, 0.717) is 13.0 Å². The van der Waals surface area contributed by atoms with E-state index in [2.05, 4.69) is 15.3 Å². The quantitative estimate of drug-likeness (QED) is 0.774. The summed E-state index contributed by atoms with van der Waals surface area (Å²) in [6.45, 7) is 8.86. The van der Waals surface area contributed by atoms with Gasteiger partial charge in [-0.15, -0.1) is 11.3 Å².